The third kappa shape index (κ3) is 2.29. The molecule has 2 fully saturated rings. The lowest BCUT2D eigenvalue weighted by molar-refractivity contribution is 0.0478. The van der Waals surface area contributed by atoms with Crippen molar-refractivity contribution in [2.24, 2.45) is 17.3 Å². The van der Waals surface area contributed by atoms with E-state index in [2.05, 4.69) is 13.0 Å². The van der Waals surface area contributed by atoms with E-state index in [1.165, 1.54) is 48.8 Å². The maximum Gasteiger partial charge on any atom is 0.335 e. The van der Waals surface area contributed by atoms with Crippen LogP contribution in [0.2, 0.25) is 0 Å². The molecule has 0 amide bonds. The van der Waals surface area contributed by atoms with Crippen LogP contribution in [0.5, 0.6) is 5.75 Å². The molecule has 5 atom stereocenters. The van der Waals surface area contributed by atoms with Crippen LogP contribution in [0.4, 0.5) is 0 Å². The van der Waals surface area contributed by atoms with Gasteiger partial charge >= 0.3 is 5.63 Å². The minimum absolute atomic E-state index is 0.260. The van der Waals surface area contributed by atoms with Crippen LogP contribution in [0.1, 0.15) is 67.6 Å². The molecular weight excluding hydrogens is 324 g/mol. The van der Waals surface area contributed by atoms with E-state index in [0.29, 0.717) is 23.0 Å². The predicted octanol–water partition coefficient (Wildman–Crippen LogP) is 4.99. The summed E-state index contributed by atoms with van der Waals surface area (Å²) in [5, 5.41) is 9.82. The second-order valence-electron chi connectivity index (χ2n) is 8.86. The van der Waals surface area contributed by atoms with Gasteiger partial charge in [0.05, 0.1) is 6.26 Å². The number of hydrogen-bond donors (Lipinski definition) is 1. The monoisotopic (exact) mass is 350 g/mol. The third-order valence-corrected chi connectivity index (χ3v) is 7.84. The Hall–Kier alpha value is -2.03. The summed E-state index contributed by atoms with van der Waals surface area (Å²) < 4.78 is 5.18. The van der Waals surface area contributed by atoms with Crippen molar-refractivity contribution in [2.45, 2.75) is 57.3 Å². The van der Waals surface area contributed by atoms with E-state index >= 15 is 0 Å². The summed E-state index contributed by atoms with van der Waals surface area (Å²) in [4.78, 5) is 11.3. The molecule has 5 rings (SSSR count). The largest absolute Gasteiger partial charge is 0.508 e. The Morgan fingerprint density at radius 1 is 1.12 bits per heavy atom. The molecule has 136 valence electrons. The molecule has 2 saturated carbocycles. The van der Waals surface area contributed by atoms with E-state index in [4.69, 9.17) is 4.42 Å². The lowest BCUT2D eigenvalue weighted by atomic mass is 9.53. The van der Waals surface area contributed by atoms with Gasteiger partial charge in [0.15, 0.2) is 0 Å². The first-order valence-corrected chi connectivity index (χ1v) is 9.97. The number of benzene rings is 1. The molecule has 0 saturated heterocycles. The van der Waals surface area contributed by atoms with Gasteiger partial charge in [-0.05, 0) is 103 Å². The fourth-order valence-corrected chi connectivity index (χ4v) is 6.68. The van der Waals surface area contributed by atoms with Crippen LogP contribution in [-0.2, 0) is 6.42 Å². The molecule has 0 bridgehead atoms. The van der Waals surface area contributed by atoms with Crippen molar-refractivity contribution < 1.29 is 9.52 Å². The van der Waals surface area contributed by atoms with Gasteiger partial charge in [0.25, 0.3) is 0 Å². The summed E-state index contributed by atoms with van der Waals surface area (Å²) in [6.45, 7) is 2.48. The van der Waals surface area contributed by atoms with Crippen molar-refractivity contribution in [3.8, 4) is 5.75 Å². The number of fused-ring (bicyclic) bond motifs is 5. The van der Waals surface area contributed by atoms with Crippen molar-refractivity contribution in [1.82, 2.24) is 0 Å². The highest BCUT2D eigenvalue weighted by Crippen LogP contribution is 2.65. The van der Waals surface area contributed by atoms with Crippen molar-refractivity contribution in [3.63, 3.8) is 0 Å². The highest BCUT2D eigenvalue weighted by atomic mass is 16.4. The van der Waals surface area contributed by atoms with Crippen LogP contribution in [-0.4, -0.2) is 5.11 Å². The van der Waals surface area contributed by atoms with Crippen LogP contribution in [0, 0.1) is 17.3 Å². The van der Waals surface area contributed by atoms with Crippen LogP contribution in [0.25, 0.3) is 0 Å². The molecule has 2 aromatic rings. The Morgan fingerprint density at radius 2 is 2.00 bits per heavy atom. The minimum Gasteiger partial charge on any atom is -0.508 e. The number of aryl methyl sites for hydroxylation is 1. The Morgan fingerprint density at radius 3 is 2.81 bits per heavy atom. The average molecular weight is 350 g/mol. The summed E-state index contributed by atoms with van der Waals surface area (Å²) in [6.07, 6.45) is 8.94. The van der Waals surface area contributed by atoms with Gasteiger partial charge in [0.1, 0.15) is 5.75 Å². The van der Waals surface area contributed by atoms with Gasteiger partial charge in [-0.3, -0.25) is 0 Å². The second kappa shape index (κ2) is 5.73. The molecule has 26 heavy (non-hydrogen) atoms. The van der Waals surface area contributed by atoms with Crippen LogP contribution in [0.15, 0.2) is 45.8 Å². The summed E-state index contributed by atoms with van der Waals surface area (Å²) in [5.41, 5.74) is 4.08. The number of hydrogen-bond acceptors (Lipinski definition) is 3. The van der Waals surface area contributed by atoms with Crippen molar-refractivity contribution >= 4 is 0 Å². The standard InChI is InChI=1S/C23H26O3/c1-23-11-10-18-17-6-4-16(24)12-14(17)2-5-19(18)21(23)8-7-20(23)15-3-9-22(25)26-13-15/h3-4,6,9,12-13,18-21,24H,2,5,7-8,10-11H2,1H3/t18-,19-,20?,21+,23-/m1/s1. The van der Waals surface area contributed by atoms with E-state index < -0.39 is 0 Å². The molecule has 1 heterocycles. The topological polar surface area (TPSA) is 50.4 Å². The molecule has 0 aliphatic heterocycles. The zero-order chi connectivity index (χ0) is 17.9. The van der Waals surface area contributed by atoms with E-state index in [9.17, 15) is 9.90 Å². The smallest absolute Gasteiger partial charge is 0.335 e. The lowest BCUT2D eigenvalue weighted by Crippen LogP contribution is -2.41. The number of phenols is 1. The second-order valence-corrected chi connectivity index (χ2v) is 8.86. The summed E-state index contributed by atoms with van der Waals surface area (Å²) in [6, 6.07) is 9.56. The van der Waals surface area contributed by atoms with Crippen LogP contribution >= 0.6 is 0 Å². The highest BCUT2D eigenvalue weighted by Gasteiger charge is 2.55. The lowest BCUT2D eigenvalue weighted by Gasteiger charge is -2.51. The van der Waals surface area contributed by atoms with Crippen LogP contribution in [0.3, 0.4) is 0 Å². The molecule has 1 unspecified atom stereocenters. The normalized spacial score (nSPS) is 35.4. The first-order valence-electron chi connectivity index (χ1n) is 9.97. The fraction of sp³-hybridized carbons (Fsp3) is 0.522. The Kier molecular flexibility index (Phi) is 3.57. The maximum atomic E-state index is 11.3. The first-order chi connectivity index (χ1) is 12.6. The van der Waals surface area contributed by atoms with Gasteiger partial charge in [-0.15, -0.1) is 0 Å². The van der Waals surface area contributed by atoms with Gasteiger partial charge in [-0.2, -0.15) is 0 Å². The van der Waals surface area contributed by atoms with E-state index in [-0.39, 0.29) is 5.63 Å². The first kappa shape index (κ1) is 16.2. The van der Waals surface area contributed by atoms with Gasteiger partial charge < -0.3 is 9.52 Å². The summed E-state index contributed by atoms with van der Waals surface area (Å²) >= 11 is 0. The van der Waals surface area contributed by atoms with Gasteiger partial charge in [0.2, 0.25) is 0 Å². The fourth-order valence-electron chi connectivity index (χ4n) is 6.68. The van der Waals surface area contributed by atoms with Gasteiger partial charge in [-0.25, -0.2) is 4.79 Å². The number of aromatic hydroxyl groups is 1. The molecule has 1 N–H and O–H groups in total. The average Bonchev–Trinajstić information content (AvgIpc) is 2.99. The maximum absolute atomic E-state index is 11.3. The molecule has 1 aromatic heterocycles. The van der Waals surface area contributed by atoms with Gasteiger partial charge in [-0.1, -0.05) is 13.0 Å². The molecule has 3 aliphatic rings. The molecule has 0 spiro atoms. The highest BCUT2D eigenvalue weighted by molar-refractivity contribution is 5.40. The zero-order valence-electron chi connectivity index (χ0n) is 15.3. The Labute approximate surface area is 154 Å². The van der Waals surface area contributed by atoms with Gasteiger partial charge in [0, 0.05) is 6.07 Å². The molecule has 3 heteroatoms. The molecule has 3 nitrogen and oxygen atoms in total. The SMILES string of the molecule is C[C@]12CC[C@@H]3c4ccc(O)cc4CC[C@H]3[C@@H]1CCC2c1ccc(=O)oc1. The van der Waals surface area contributed by atoms with Crippen molar-refractivity contribution in [3.05, 3.63) is 63.7 Å². The molecule has 3 aliphatic carbocycles. The predicted molar refractivity (Wildman–Crippen MR) is 100 cm³/mol. The zero-order valence-corrected chi connectivity index (χ0v) is 15.3. The molecule has 0 radical (unpaired) electrons. The van der Waals surface area contributed by atoms with Crippen molar-refractivity contribution in [2.75, 3.05) is 0 Å². The molecule has 1 aromatic carbocycles. The third-order valence-electron chi connectivity index (χ3n) is 7.84. The van der Waals surface area contributed by atoms with E-state index in [0.717, 1.165) is 18.3 Å². The minimum atomic E-state index is -0.260. The van der Waals surface area contributed by atoms with E-state index in [1.807, 2.05) is 18.2 Å². The van der Waals surface area contributed by atoms with Crippen molar-refractivity contribution in [1.29, 1.82) is 0 Å². The Balaban J connectivity index is 1.48. The summed E-state index contributed by atoms with van der Waals surface area (Å²) in [5.74, 6) is 3.02. The quantitative estimate of drug-likeness (QED) is 0.788. The molecular formula is C23H26O3. The number of phenolic OH excluding ortho intramolecular Hbond substituents is 1. The Bertz CT molecular complexity index is 878. The van der Waals surface area contributed by atoms with E-state index in [1.54, 1.807) is 12.3 Å². The summed E-state index contributed by atoms with van der Waals surface area (Å²) in [7, 11) is 0. The van der Waals surface area contributed by atoms with Crippen LogP contribution < -0.4 is 5.63 Å². The number of rotatable bonds is 1.